The number of ether oxygens (including phenoxy) is 1. The average molecular weight is 418 g/mol. The van der Waals surface area contributed by atoms with E-state index >= 15 is 0 Å². The molecule has 0 saturated heterocycles. The van der Waals surface area contributed by atoms with E-state index in [4.69, 9.17) is 4.74 Å². The molecule has 1 aromatic heterocycles. The normalized spacial score (nSPS) is 12.3. The lowest BCUT2D eigenvalue weighted by atomic mass is 10.1. The maximum atomic E-state index is 12.9. The molecule has 3 rings (SSSR count). The first-order valence-electron chi connectivity index (χ1n) is 9.09. The van der Waals surface area contributed by atoms with E-state index in [0.717, 1.165) is 17.7 Å². The molecule has 0 aliphatic carbocycles. The molecule has 9 heteroatoms. The number of alkyl halides is 3. The molecule has 30 heavy (non-hydrogen) atoms. The van der Waals surface area contributed by atoms with E-state index < -0.39 is 23.8 Å². The van der Waals surface area contributed by atoms with Crippen LogP contribution >= 0.6 is 0 Å². The van der Waals surface area contributed by atoms with E-state index in [-0.39, 0.29) is 6.54 Å². The molecular formula is C21H21F3N4O2. The number of rotatable bonds is 6. The van der Waals surface area contributed by atoms with E-state index in [2.05, 4.69) is 15.6 Å². The molecule has 158 valence electrons. The Labute approximate surface area is 171 Å². The molecule has 0 radical (unpaired) electrons. The molecule has 0 spiro atoms. The Balaban J connectivity index is 1.73. The maximum Gasteiger partial charge on any atom is 0.416 e. The van der Waals surface area contributed by atoms with Crippen molar-refractivity contribution in [1.82, 2.24) is 20.2 Å². The summed E-state index contributed by atoms with van der Waals surface area (Å²) in [5, 5.41) is 5.44. The van der Waals surface area contributed by atoms with Gasteiger partial charge in [0.15, 0.2) is 0 Å². The molecule has 1 atom stereocenters. The fourth-order valence-electron chi connectivity index (χ4n) is 2.97. The molecule has 0 aliphatic heterocycles. The van der Waals surface area contributed by atoms with Gasteiger partial charge in [0.25, 0.3) is 0 Å². The first-order valence-corrected chi connectivity index (χ1v) is 9.09. The zero-order valence-corrected chi connectivity index (χ0v) is 16.4. The third kappa shape index (κ3) is 5.11. The smallest absolute Gasteiger partial charge is 0.416 e. The van der Waals surface area contributed by atoms with Gasteiger partial charge in [-0.3, -0.25) is 0 Å². The second-order valence-corrected chi connectivity index (χ2v) is 6.63. The summed E-state index contributed by atoms with van der Waals surface area (Å²) < 4.78 is 45.5. The van der Waals surface area contributed by atoms with Crippen molar-refractivity contribution in [1.29, 1.82) is 0 Å². The van der Waals surface area contributed by atoms with Gasteiger partial charge in [-0.15, -0.1) is 0 Å². The SMILES string of the molecule is COc1ccc([C@H](NC(=O)NCc2cccc(C(F)(F)F)c2)c2nccn2C)cc1. The van der Waals surface area contributed by atoms with E-state index in [1.807, 2.05) is 12.1 Å². The lowest BCUT2D eigenvalue weighted by molar-refractivity contribution is -0.137. The van der Waals surface area contributed by atoms with Crippen molar-refractivity contribution in [3.05, 3.63) is 83.4 Å². The topological polar surface area (TPSA) is 68.2 Å². The quantitative estimate of drug-likeness (QED) is 0.635. The molecule has 2 aromatic carbocycles. The van der Waals surface area contributed by atoms with Crippen molar-refractivity contribution >= 4 is 6.03 Å². The van der Waals surface area contributed by atoms with Gasteiger partial charge in [-0.1, -0.05) is 24.3 Å². The van der Waals surface area contributed by atoms with Crippen LogP contribution in [0.1, 0.15) is 28.6 Å². The number of carbonyl (C=O) groups excluding carboxylic acids is 1. The Kier molecular flexibility index (Phi) is 6.29. The number of aromatic nitrogens is 2. The van der Waals surface area contributed by atoms with Crippen LogP contribution in [0.2, 0.25) is 0 Å². The summed E-state index contributed by atoms with van der Waals surface area (Å²) in [6.45, 7) is -0.0499. The van der Waals surface area contributed by atoms with E-state index in [9.17, 15) is 18.0 Å². The summed E-state index contributed by atoms with van der Waals surface area (Å²) in [6, 6.07) is 10.9. The molecule has 1 heterocycles. The standard InChI is InChI=1S/C21H21F3N4O2/c1-28-11-10-25-19(28)18(15-6-8-17(30-2)9-7-15)27-20(29)26-13-14-4-3-5-16(12-14)21(22,23)24/h3-12,18H,13H2,1-2H3,(H2,26,27,29)/t18-/m0/s1. The minimum Gasteiger partial charge on any atom is -0.497 e. The predicted octanol–water partition coefficient (Wildman–Crippen LogP) is 4.04. The van der Waals surface area contributed by atoms with Crippen LogP contribution in [0.5, 0.6) is 5.75 Å². The van der Waals surface area contributed by atoms with Crippen LogP contribution in [0.4, 0.5) is 18.0 Å². The molecule has 2 amide bonds. The number of hydrogen-bond donors (Lipinski definition) is 2. The molecule has 2 N–H and O–H groups in total. The highest BCUT2D eigenvalue weighted by Gasteiger charge is 2.30. The molecule has 6 nitrogen and oxygen atoms in total. The van der Waals surface area contributed by atoms with Gasteiger partial charge in [-0.05, 0) is 35.4 Å². The Morgan fingerprint density at radius 1 is 1.20 bits per heavy atom. The first kappa shape index (κ1) is 21.2. The number of nitrogens with one attached hydrogen (secondary N) is 2. The van der Waals surface area contributed by atoms with Gasteiger partial charge in [-0.25, -0.2) is 9.78 Å². The fourth-order valence-corrected chi connectivity index (χ4v) is 2.97. The average Bonchev–Trinajstić information content (AvgIpc) is 3.16. The molecule has 0 bridgehead atoms. The van der Waals surface area contributed by atoms with Gasteiger partial charge in [0.05, 0.1) is 12.7 Å². The Morgan fingerprint density at radius 3 is 2.53 bits per heavy atom. The zero-order chi connectivity index (χ0) is 21.7. The Morgan fingerprint density at radius 2 is 1.93 bits per heavy atom. The van der Waals surface area contributed by atoms with Crippen molar-refractivity contribution in [3.63, 3.8) is 0 Å². The number of hydrogen-bond acceptors (Lipinski definition) is 3. The number of amides is 2. The second-order valence-electron chi connectivity index (χ2n) is 6.63. The Bertz CT molecular complexity index is 1000. The van der Waals surface area contributed by atoms with Crippen LogP contribution in [-0.4, -0.2) is 22.7 Å². The third-order valence-electron chi connectivity index (χ3n) is 4.55. The molecule has 0 saturated carbocycles. The van der Waals surface area contributed by atoms with Gasteiger partial charge < -0.3 is 19.9 Å². The number of urea groups is 1. The van der Waals surface area contributed by atoms with E-state index in [0.29, 0.717) is 17.1 Å². The minimum atomic E-state index is -4.43. The van der Waals surface area contributed by atoms with Crippen molar-refractivity contribution in [3.8, 4) is 5.75 Å². The minimum absolute atomic E-state index is 0.0499. The number of carbonyl (C=O) groups is 1. The van der Waals surface area contributed by atoms with Crippen molar-refractivity contribution in [2.75, 3.05) is 7.11 Å². The highest BCUT2D eigenvalue weighted by molar-refractivity contribution is 5.74. The summed E-state index contributed by atoms with van der Waals surface area (Å²) in [5.41, 5.74) is 0.364. The summed E-state index contributed by atoms with van der Waals surface area (Å²) >= 11 is 0. The highest BCUT2D eigenvalue weighted by atomic mass is 19.4. The van der Waals surface area contributed by atoms with Gasteiger partial charge in [0.2, 0.25) is 0 Å². The number of aryl methyl sites for hydroxylation is 1. The van der Waals surface area contributed by atoms with Crippen LogP contribution < -0.4 is 15.4 Å². The summed E-state index contributed by atoms with van der Waals surface area (Å²) in [4.78, 5) is 16.8. The summed E-state index contributed by atoms with van der Waals surface area (Å²) in [7, 11) is 3.37. The molecular weight excluding hydrogens is 397 g/mol. The van der Waals surface area contributed by atoms with E-state index in [1.165, 1.54) is 12.1 Å². The largest absolute Gasteiger partial charge is 0.497 e. The van der Waals surface area contributed by atoms with Crippen molar-refractivity contribution < 1.29 is 22.7 Å². The number of imidazole rings is 1. The monoisotopic (exact) mass is 418 g/mol. The third-order valence-corrected chi connectivity index (χ3v) is 4.55. The van der Waals surface area contributed by atoms with Crippen LogP contribution in [0, 0.1) is 0 Å². The van der Waals surface area contributed by atoms with Crippen molar-refractivity contribution in [2.45, 2.75) is 18.8 Å². The fraction of sp³-hybridized carbons (Fsp3) is 0.238. The Hall–Kier alpha value is -3.49. The van der Waals surface area contributed by atoms with Gasteiger partial charge in [-0.2, -0.15) is 13.2 Å². The predicted molar refractivity (Wildman–Crippen MR) is 105 cm³/mol. The van der Waals surface area contributed by atoms with Crippen molar-refractivity contribution in [2.24, 2.45) is 7.05 Å². The summed E-state index contributed by atoms with van der Waals surface area (Å²) in [6.07, 6.45) is -1.06. The highest BCUT2D eigenvalue weighted by Crippen LogP contribution is 2.29. The number of nitrogens with zero attached hydrogens (tertiary/aromatic N) is 2. The molecule has 0 aliphatic rings. The maximum absolute atomic E-state index is 12.9. The van der Waals surface area contributed by atoms with E-state index in [1.54, 1.807) is 43.3 Å². The first-order chi connectivity index (χ1) is 14.3. The number of halogens is 3. The lowest BCUT2D eigenvalue weighted by Gasteiger charge is -2.20. The van der Waals surface area contributed by atoms with Crippen LogP contribution in [0.3, 0.4) is 0 Å². The molecule has 0 unspecified atom stereocenters. The lowest BCUT2D eigenvalue weighted by Crippen LogP contribution is -2.39. The van der Waals surface area contributed by atoms with Crippen LogP contribution in [-0.2, 0) is 19.8 Å². The molecule has 3 aromatic rings. The van der Waals surface area contributed by atoms with Crippen LogP contribution in [0.25, 0.3) is 0 Å². The van der Waals surface area contributed by atoms with Gasteiger partial charge in [0, 0.05) is 26.0 Å². The molecule has 0 fully saturated rings. The van der Waals surface area contributed by atoms with Crippen LogP contribution in [0.15, 0.2) is 60.9 Å². The number of methoxy groups -OCH3 is 1. The summed E-state index contributed by atoms with van der Waals surface area (Å²) in [5.74, 6) is 1.28. The van der Waals surface area contributed by atoms with Gasteiger partial charge >= 0.3 is 12.2 Å². The van der Waals surface area contributed by atoms with Gasteiger partial charge in [0.1, 0.15) is 17.6 Å². The second kappa shape index (κ2) is 8.89. The zero-order valence-electron chi connectivity index (χ0n) is 16.4. The number of benzene rings is 2.